The number of ether oxygens (including phenoxy) is 1. The first-order valence-electron chi connectivity index (χ1n) is 7.45. The van der Waals surface area contributed by atoms with Gasteiger partial charge in [-0.2, -0.15) is 0 Å². The summed E-state index contributed by atoms with van der Waals surface area (Å²) in [5.74, 6) is 1.33. The van der Waals surface area contributed by atoms with E-state index in [4.69, 9.17) is 10.5 Å². The second-order valence-corrected chi connectivity index (χ2v) is 5.14. The fourth-order valence-electron chi connectivity index (χ4n) is 1.81. The Kier molecular flexibility index (Phi) is 11.1. The van der Waals surface area contributed by atoms with Crippen molar-refractivity contribution >= 4 is 35.6 Å². The lowest BCUT2D eigenvalue weighted by Gasteiger charge is -2.10. The summed E-state index contributed by atoms with van der Waals surface area (Å²) < 4.78 is 5.59. The summed E-state index contributed by atoms with van der Waals surface area (Å²) in [5, 5.41) is 3.09. The zero-order chi connectivity index (χ0) is 14.8. The quantitative estimate of drug-likeness (QED) is 0.292. The monoisotopic (exact) mass is 405 g/mol. The number of anilines is 1. The summed E-state index contributed by atoms with van der Waals surface area (Å²) in [6.45, 7) is 7.00. The van der Waals surface area contributed by atoms with Crippen LogP contribution in [0.15, 0.2) is 29.3 Å². The maximum atomic E-state index is 5.85. The molecule has 0 spiro atoms. The molecule has 120 valence electrons. The highest BCUT2D eigenvalue weighted by Crippen LogP contribution is 2.16. The number of aliphatic imine (C=N–C) groups is 1. The Balaban J connectivity index is 0.00000400. The molecule has 0 aliphatic carbocycles. The number of nitrogens with zero attached hydrogens (tertiary/aromatic N) is 1. The first-order chi connectivity index (χ1) is 9.61. The standard InChI is InChI=1S/C16H27N3O.HI/c1-4-5-6-7-12-18-16(17)19-14-8-10-15(11-9-14)20-13(2)3;/h8-11,13H,4-7,12H2,1-3H3,(H3,17,18,19);1H. The van der Waals surface area contributed by atoms with E-state index in [0.29, 0.717) is 5.96 Å². The average molecular weight is 405 g/mol. The van der Waals surface area contributed by atoms with Gasteiger partial charge >= 0.3 is 0 Å². The second kappa shape index (κ2) is 11.7. The van der Waals surface area contributed by atoms with Crippen LogP contribution in [-0.2, 0) is 0 Å². The van der Waals surface area contributed by atoms with Crippen LogP contribution in [0.4, 0.5) is 5.69 Å². The Morgan fingerprint density at radius 2 is 1.86 bits per heavy atom. The molecule has 0 saturated heterocycles. The number of benzene rings is 1. The first-order valence-corrected chi connectivity index (χ1v) is 7.45. The summed E-state index contributed by atoms with van der Waals surface area (Å²) in [4.78, 5) is 4.31. The Bertz CT molecular complexity index is 404. The largest absolute Gasteiger partial charge is 0.491 e. The molecule has 0 saturated carbocycles. The van der Waals surface area contributed by atoms with Crippen LogP contribution in [-0.4, -0.2) is 18.6 Å². The Morgan fingerprint density at radius 1 is 1.19 bits per heavy atom. The van der Waals surface area contributed by atoms with Gasteiger partial charge in [-0.3, -0.25) is 4.99 Å². The number of rotatable bonds is 8. The van der Waals surface area contributed by atoms with E-state index in [1.54, 1.807) is 0 Å². The van der Waals surface area contributed by atoms with Crippen LogP contribution in [0.5, 0.6) is 5.75 Å². The third-order valence-corrected chi connectivity index (χ3v) is 2.79. The number of nitrogens with one attached hydrogen (secondary N) is 1. The minimum atomic E-state index is 0. The number of guanidine groups is 1. The van der Waals surface area contributed by atoms with Gasteiger partial charge in [0.05, 0.1) is 6.10 Å². The molecule has 0 unspecified atom stereocenters. The molecule has 0 fully saturated rings. The third kappa shape index (κ3) is 9.55. The van der Waals surface area contributed by atoms with Crippen LogP contribution in [0, 0.1) is 0 Å². The Morgan fingerprint density at radius 3 is 2.43 bits per heavy atom. The Labute approximate surface area is 145 Å². The Hall–Kier alpha value is -0.980. The number of halogens is 1. The van der Waals surface area contributed by atoms with Gasteiger partial charge in [0.1, 0.15) is 5.75 Å². The van der Waals surface area contributed by atoms with Crippen molar-refractivity contribution in [2.75, 3.05) is 11.9 Å². The molecule has 0 atom stereocenters. The van der Waals surface area contributed by atoms with Crippen molar-refractivity contribution in [2.45, 2.75) is 52.6 Å². The van der Waals surface area contributed by atoms with Crippen molar-refractivity contribution in [3.63, 3.8) is 0 Å². The topological polar surface area (TPSA) is 59.6 Å². The van der Waals surface area contributed by atoms with Gasteiger partial charge in [-0.05, 0) is 44.5 Å². The molecule has 1 aromatic carbocycles. The molecule has 1 rings (SSSR count). The van der Waals surface area contributed by atoms with Gasteiger partial charge < -0.3 is 15.8 Å². The molecule has 0 aromatic heterocycles. The van der Waals surface area contributed by atoms with Crippen molar-refractivity contribution in [1.29, 1.82) is 0 Å². The van der Waals surface area contributed by atoms with Gasteiger partial charge in [-0.1, -0.05) is 26.2 Å². The molecule has 0 aliphatic heterocycles. The predicted molar refractivity (Wildman–Crippen MR) is 102 cm³/mol. The summed E-state index contributed by atoms with van der Waals surface area (Å²) in [6, 6.07) is 7.74. The van der Waals surface area contributed by atoms with E-state index in [1.807, 2.05) is 38.1 Å². The molecule has 21 heavy (non-hydrogen) atoms. The highest BCUT2D eigenvalue weighted by atomic mass is 127. The lowest BCUT2D eigenvalue weighted by Crippen LogP contribution is -2.22. The van der Waals surface area contributed by atoms with Crippen LogP contribution in [0.25, 0.3) is 0 Å². The van der Waals surface area contributed by atoms with Crippen molar-refractivity contribution in [3.8, 4) is 5.75 Å². The van der Waals surface area contributed by atoms with Crippen LogP contribution in [0.2, 0.25) is 0 Å². The lowest BCUT2D eigenvalue weighted by molar-refractivity contribution is 0.242. The summed E-state index contributed by atoms with van der Waals surface area (Å²) in [5.41, 5.74) is 6.77. The van der Waals surface area contributed by atoms with E-state index in [9.17, 15) is 0 Å². The molecule has 1 aromatic rings. The van der Waals surface area contributed by atoms with Crippen molar-refractivity contribution in [3.05, 3.63) is 24.3 Å². The normalized spacial score (nSPS) is 11.1. The first kappa shape index (κ1) is 20.0. The third-order valence-electron chi connectivity index (χ3n) is 2.79. The van der Waals surface area contributed by atoms with E-state index in [-0.39, 0.29) is 30.1 Å². The van der Waals surface area contributed by atoms with Crippen molar-refractivity contribution in [1.82, 2.24) is 0 Å². The van der Waals surface area contributed by atoms with Gasteiger partial charge in [0.25, 0.3) is 0 Å². The second-order valence-electron chi connectivity index (χ2n) is 5.14. The molecule has 4 nitrogen and oxygen atoms in total. The zero-order valence-electron chi connectivity index (χ0n) is 13.3. The fraction of sp³-hybridized carbons (Fsp3) is 0.562. The molecular weight excluding hydrogens is 377 g/mol. The maximum Gasteiger partial charge on any atom is 0.193 e. The van der Waals surface area contributed by atoms with Gasteiger partial charge in [0, 0.05) is 12.2 Å². The van der Waals surface area contributed by atoms with E-state index >= 15 is 0 Å². The molecule has 3 N–H and O–H groups in total. The van der Waals surface area contributed by atoms with Crippen LogP contribution < -0.4 is 15.8 Å². The highest BCUT2D eigenvalue weighted by Gasteiger charge is 1.99. The van der Waals surface area contributed by atoms with E-state index in [0.717, 1.165) is 24.4 Å². The van der Waals surface area contributed by atoms with Gasteiger partial charge in [-0.25, -0.2) is 0 Å². The lowest BCUT2D eigenvalue weighted by atomic mass is 10.2. The number of nitrogens with two attached hydrogens (primary N) is 1. The summed E-state index contributed by atoms with van der Waals surface area (Å²) in [7, 11) is 0. The zero-order valence-corrected chi connectivity index (χ0v) is 15.6. The molecule has 0 radical (unpaired) electrons. The van der Waals surface area contributed by atoms with Gasteiger partial charge in [0.15, 0.2) is 5.96 Å². The van der Waals surface area contributed by atoms with E-state index in [2.05, 4.69) is 17.2 Å². The summed E-state index contributed by atoms with van der Waals surface area (Å²) in [6.07, 6.45) is 5.00. The SMILES string of the molecule is CCCCCCN=C(N)Nc1ccc(OC(C)C)cc1.I. The predicted octanol–water partition coefficient (Wildman–Crippen LogP) is 4.40. The molecule has 0 amide bonds. The van der Waals surface area contributed by atoms with Crippen LogP contribution >= 0.6 is 24.0 Å². The number of unbranched alkanes of at least 4 members (excludes halogenated alkanes) is 3. The van der Waals surface area contributed by atoms with Crippen LogP contribution in [0.1, 0.15) is 46.5 Å². The molecule has 0 bridgehead atoms. The number of hydrogen-bond donors (Lipinski definition) is 2. The molecule has 0 aliphatic rings. The van der Waals surface area contributed by atoms with Crippen molar-refractivity contribution < 1.29 is 4.74 Å². The van der Waals surface area contributed by atoms with Crippen molar-refractivity contribution in [2.24, 2.45) is 10.7 Å². The van der Waals surface area contributed by atoms with Gasteiger partial charge in [0.2, 0.25) is 0 Å². The molecule has 5 heteroatoms. The average Bonchev–Trinajstić information content (AvgIpc) is 2.40. The maximum absolute atomic E-state index is 5.85. The molecular formula is C16H28IN3O. The van der Waals surface area contributed by atoms with E-state index < -0.39 is 0 Å². The highest BCUT2D eigenvalue weighted by molar-refractivity contribution is 14.0. The van der Waals surface area contributed by atoms with Gasteiger partial charge in [-0.15, -0.1) is 24.0 Å². The van der Waals surface area contributed by atoms with E-state index in [1.165, 1.54) is 19.3 Å². The van der Waals surface area contributed by atoms with Crippen LogP contribution in [0.3, 0.4) is 0 Å². The minimum Gasteiger partial charge on any atom is -0.491 e. The molecule has 0 heterocycles. The fourth-order valence-corrected chi connectivity index (χ4v) is 1.81. The smallest absolute Gasteiger partial charge is 0.193 e. The summed E-state index contributed by atoms with van der Waals surface area (Å²) >= 11 is 0. The number of hydrogen-bond acceptors (Lipinski definition) is 2. The minimum absolute atomic E-state index is 0.